The van der Waals surface area contributed by atoms with Crippen molar-refractivity contribution in [2.45, 2.75) is 0 Å². The lowest BCUT2D eigenvalue weighted by atomic mass is 10.2. The minimum atomic E-state index is -3.53. The van der Waals surface area contributed by atoms with E-state index in [9.17, 15) is 8.42 Å². The number of nitrogens with one attached hydrogen (secondary N) is 1. The second-order valence-corrected chi connectivity index (χ2v) is 6.53. The van der Waals surface area contributed by atoms with Crippen LogP contribution in [0.5, 0.6) is 0 Å². The summed E-state index contributed by atoms with van der Waals surface area (Å²) >= 11 is 1.19. The molecule has 0 aliphatic carbocycles. The number of benzene rings is 1. The molecule has 18 heavy (non-hydrogen) atoms. The topological polar surface area (TPSA) is 75.2 Å². The summed E-state index contributed by atoms with van der Waals surface area (Å²) in [6, 6.07) is 9.47. The molecule has 0 aliphatic heterocycles. The minimum absolute atomic E-state index is 0.252. The molecular formula is C10H12N4O2S2. The van der Waals surface area contributed by atoms with E-state index in [2.05, 4.69) is 14.9 Å². The average Bonchev–Trinajstić information content (AvgIpc) is 2.78. The van der Waals surface area contributed by atoms with Gasteiger partial charge in [0.15, 0.2) is 0 Å². The van der Waals surface area contributed by atoms with Gasteiger partial charge in [-0.25, -0.2) is 4.72 Å². The summed E-state index contributed by atoms with van der Waals surface area (Å²) in [5, 5.41) is 8.69. The first-order valence-corrected chi connectivity index (χ1v) is 7.34. The zero-order valence-electron chi connectivity index (χ0n) is 9.86. The number of nitrogens with zero attached hydrogens (tertiary/aromatic N) is 3. The van der Waals surface area contributed by atoms with Crippen LogP contribution in [0.4, 0.5) is 5.13 Å². The molecule has 0 saturated carbocycles. The van der Waals surface area contributed by atoms with Crippen LogP contribution >= 0.6 is 11.3 Å². The SMILES string of the molecule is CN(C)S(=O)(=O)Nc1nnc(-c2ccccc2)s1. The third-order valence-electron chi connectivity index (χ3n) is 2.14. The smallest absolute Gasteiger partial charge is 0.244 e. The lowest BCUT2D eigenvalue weighted by molar-refractivity contribution is 0.526. The second kappa shape index (κ2) is 5.01. The lowest BCUT2D eigenvalue weighted by Gasteiger charge is -2.10. The molecule has 0 radical (unpaired) electrons. The summed E-state index contributed by atoms with van der Waals surface area (Å²) in [5.41, 5.74) is 0.908. The van der Waals surface area contributed by atoms with Gasteiger partial charge in [0.2, 0.25) is 5.13 Å². The molecule has 8 heteroatoms. The number of hydrogen-bond donors (Lipinski definition) is 1. The van der Waals surface area contributed by atoms with Crippen LogP contribution in [0.3, 0.4) is 0 Å². The molecular weight excluding hydrogens is 272 g/mol. The highest BCUT2D eigenvalue weighted by molar-refractivity contribution is 7.90. The summed E-state index contributed by atoms with van der Waals surface area (Å²) < 4.78 is 26.6. The van der Waals surface area contributed by atoms with Gasteiger partial charge in [0.25, 0.3) is 0 Å². The molecule has 1 N–H and O–H groups in total. The highest BCUT2D eigenvalue weighted by Crippen LogP contribution is 2.26. The Labute approximate surface area is 109 Å². The molecule has 0 bridgehead atoms. The summed E-state index contributed by atoms with van der Waals surface area (Å²) in [7, 11) is -0.637. The second-order valence-electron chi connectivity index (χ2n) is 3.67. The van der Waals surface area contributed by atoms with Crippen molar-refractivity contribution in [3.8, 4) is 10.6 Å². The maximum atomic E-state index is 11.6. The van der Waals surface area contributed by atoms with Gasteiger partial charge in [-0.05, 0) is 0 Å². The Morgan fingerprint density at radius 1 is 1.17 bits per heavy atom. The van der Waals surface area contributed by atoms with E-state index in [1.54, 1.807) is 0 Å². The van der Waals surface area contributed by atoms with Gasteiger partial charge in [0.05, 0.1) is 0 Å². The monoisotopic (exact) mass is 284 g/mol. The fourth-order valence-corrected chi connectivity index (χ4v) is 2.69. The zero-order valence-corrected chi connectivity index (χ0v) is 11.5. The van der Waals surface area contributed by atoms with E-state index in [1.807, 2.05) is 30.3 Å². The third kappa shape index (κ3) is 2.84. The molecule has 0 saturated heterocycles. The van der Waals surface area contributed by atoms with Crippen molar-refractivity contribution >= 4 is 26.7 Å². The van der Waals surface area contributed by atoms with Crippen molar-refractivity contribution in [2.24, 2.45) is 0 Å². The van der Waals surface area contributed by atoms with Crippen molar-refractivity contribution in [2.75, 3.05) is 18.8 Å². The Morgan fingerprint density at radius 3 is 2.44 bits per heavy atom. The Morgan fingerprint density at radius 2 is 1.83 bits per heavy atom. The molecule has 1 heterocycles. The lowest BCUT2D eigenvalue weighted by Crippen LogP contribution is -2.28. The fourth-order valence-electron chi connectivity index (χ4n) is 1.16. The van der Waals surface area contributed by atoms with Crippen LogP contribution in [-0.4, -0.2) is 37.0 Å². The van der Waals surface area contributed by atoms with E-state index in [4.69, 9.17) is 0 Å². The molecule has 0 unspecified atom stereocenters. The van der Waals surface area contributed by atoms with Crippen molar-refractivity contribution < 1.29 is 8.42 Å². The van der Waals surface area contributed by atoms with Gasteiger partial charge in [-0.1, -0.05) is 41.7 Å². The maximum Gasteiger partial charge on any atom is 0.302 e. The summed E-state index contributed by atoms with van der Waals surface area (Å²) in [4.78, 5) is 0. The summed E-state index contributed by atoms with van der Waals surface area (Å²) in [6.07, 6.45) is 0. The first-order chi connectivity index (χ1) is 8.49. The highest BCUT2D eigenvalue weighted by Gasteiger charge is 2.16. The molecule has 0 amide bonds. The normalized spacial score (nSPS) is 11.7. The maximum absolute atomic E-state index is 11.6. The third-order valence-corrected chi connectivity index (χ3v) is 4.57. The van der Waals surface area contributed by atoms with Crippen LogP contribution in [0.1, 0.15) is 0 Å². The fraction of sp³-hybridized carbons (Fsp3) is 0.200. The predicted octanol–water partition coefficient (Wildman–Crippen LogP) is 1.42. The molecule has 2 aromatic rings. The zero-order chi connectivity index (χ0) is 13.2. The first kappa shape index (κ1) is 12.9. The van der Waals surface area contributed by atoms with Gasteiger partial charge in [0.1, 0.15) is 5.01 Å². The molecule has 1 aromatic carbocycles. The molecule has 0 aliphatic rings. The van der Waals surface area contributed by atoms with E-state index in [0.717, 1.165) is 9.87 Å². The Hall–Kier alpha value is -1.51. The average molecular weight is 284 g/mol. The van der Waals surface area contributed by atoms with Crippen molar-refractivity contribution in [3.63, 3.8) is 0 Å². The molecule has 0 atom stereocenters. The largest absolute Gasteiger partial charge is 0.302 e. The van der Waals surface area contributed by atoms with E-state index in [0.29, 0.717) is 5.01 Å². The molecule has 2 rings (SSSR count). The number of rotatable bonds is 4. The number of aromatic nitrogens is 2. The standard InChI is InChI=1S/C10H12N4O2S2/c1-14(2)18(15,16)13-10-12-11-9(17-10)8-6-4-3-5-7-8/h3-7H,1-2H3,(H,12,13). The van der Waals surface area contributed by atoms with Crippen molar-refractivity contribution in [1.82, 2.24) is 14.5 Å². The van der Waals surface area contributed by atoms with Crippen LogP contribution < -0.4 is 4.72 Å². The van der Waals surface area contributed by atoms with Gasteiger partial charge < -0.3 is 0 Å². The van der Waals surface area contributed by atoms with Gasteiger partial charge in [-0.15, -0.1) is 10.2 Å². The molecule has 96 valence electrons. The van der Waals surface area contributed by atoms with Crippen LogP contribution in [0.2, 0.25) is 0 Å². The van der Waals surface area contributed by atoms with E-state index < -0.39 is 10.2 Å². The van der Waals surface area contributed by atoms with Crippen LogP contribution in [-0.2, 0) is 10.2 Å². The van der Waals surface area contributed by atoms with Gasteiger partial charge in [0, 0.05) is 19.7 Å². The first-order valence-electron chi connectivity index (χ1n) is 5.08. The van der Waals surface area contributed by atoms with Crippen LogP contribution in [0, 0.1) is 0 Å². The summed E-state index contributed by atoms with van der Waals surface area (Å²) in [6.45, 7) is 0. The molecule has 6 nitrogen and oxygen atoms in total. The van der Waals surface area contributed by atoms with Crippen molar-refractivity contribution in [3.05, 3.63) is 30.3 Å². The number of anilines is 1. The predicted molar refractivity (Wildman–Crippen MR) is 71.6 cm³/mol. The van der Waals surface area contributed by atoms with Gasteiger partial charge in [-0.3, -0.25) is 0 Å². The van der Waals surface area contributed by atoms with E-state index >= 15 is 0 Å². The number of hydrogen-bond acceptors (Lipinski definition) is 5. The summed E-state index contributed by atoms with van der Waals surface area (Å²) in [5.74, 6) is 0. The van der Waals surface area contributed by atoms with Crippen LogP contribution in [0.25, 0.3) is 10.6 Å². The Kier molecular flexibility index (Phi) is 3.60. The minimum Gasteiger partial charge on any atom is -0.244 e. The Balaban J connectivity index is 2.22. The molecule has 0 spiro atoms. The molecule has 0 fully saturated rings. The van der Waals surface area contributed by atoms with Crippen LogP contribution in [0.15, 0.2) is 30.3 Å². The van der Waals surface area contributed by atoms with E-state index in [1.165, 1.54) is 25.4 Å². The Bertz CT molecular complexity index is 622. The molecule has 1 aromatic heterocycles. The van der Waals surface area contributed by atoms with E-state index in [-0.39, 0.29) is 5.13 Å². The van der Waals surface area contributed by atoms with Crippen molar-refractivity contribution in [1.29, 1.82) is 0 Å². The quantitative estimate of drug-likeness (QED) is 0.921. The van der Waals surface area contributed by atoms with Gasteiger partial charge >= 0.3 is 10.2 Å². The highest BCUT2D eigenvalue weighted by atomic mass is 32.2. The van der Waals surface area contributed by atoms with Gasteiger partial charge in [-0.2, -0.15) is 12.7 Å².